The number of amides is 1. The van der Waals surface area contributed by atoms with Gasteiger partial charge in [0.2, 0.25) is 0 Å². The van der Waals surface area contributed by atoms with Crippen LogP contribution in [0.15, 0.2) is 34.9 Å². The molecule has 0 spiro atoms. The highest BCUT2D eigenvalue weighted by molar-refractivity contribution is 9.10. The predicted molar refractivity (Wildman–Crippen MR) is 83.0 cm³/mol. The highest BCUT2D eigenvalue weighted by atomic mass is 79.9. The second-order valence-corrected chi connectivity index (χ2v) is 5.49. The summed E-state index contributed by atoms with van der Waals surface area (Å²) in [7, 11) is 0. The van der Waals surface area contributed by atoms with E-state index in [0.29, 0.717) is 15.2 Å². The second kappa shape index (κ2) is 6.38. The van der Waals surface area contributed by atoms with Gasteiger partial charge in [0.25, 0.3) is 11.6 Å². The molecule has 0 bridgehead atoms. The topological polar surface area (TPSA) is 85.1 Å². The van der Waals surface area contributed by atoms with Crippen LogP contribution in [0, 0.1) is 10.1 Å². The summed E-state index contributed by atoms with van der Waals surface area (Å²) < 4.78 is 0.602. The van der Waals surface area contributed by atoms with E-state index in [1.54, 1.807) is 18.2 Å². The van der Waals surface area contributed by atoms with Gasteiger partial charge in [-0.3, -0.25) is 14.9 Å². The number of nitro groups is 1. The molecule has 2 aromatic rings. The molecule has 0 radical (unpaired) electrons. The average Bonchev–Trinajstić information content (AvgIpc) is 2.43. The molecule has 21 heavy (non-hydrogen) atoms. The third-order valence-corrected chi connectivity index (χ3v) is 3.97. The number of pyridine rings is 1. The number of carbonyl (C=O) groups excluding carboxylic acids is 1. The predicted octanol–water partition coefficient (Wildman–Crippen LogP) is 4.31. The van der Waals surface area contributed by atoms with E-state index < -0.39 is 10.8 Å². The van der Waals surface area contributed by atoms with Crippen LogP contribution >= 0.6 is 39.1 Å². The number of nitrogens with zero attached hydrogens (tertiary/aromatic N) is 2. The Morgan fingerprint density at radius 3 is 2.67 bits per heavy atom. The minimum atomic E-state index is -0.654. The summed E-state index contributed by atoms with van der Waals surface area (Å²) in [4.78, 5) is 25.8. The zero-order valence-electron chi connectivity index (χ0n) is 10.1. The monoisotopic (exact) mass is 389 g/mol. The maximum absolute atomic E-state index is 12.1. The van der Waals surface area contributed by atoms with Gasteiger partial charge in [0, 0.05) is 16.2 Å². The van der Waals surface area contributed by atoms with Crippen LogP contribution in [-0.4, -0.2) is 15.8 Å². The largest absolute Gasteiger partial charge is 0.322 e. The van der Waals surface area contributed by atoms with Crippen molar-refractivity contribution >= 4 is 56.4 Å². The second-order valence-electron chi connectivity index (χ2n) is 3.87. The SMILES string of the molecule is O=C(Nc1ccc(Cl)c(Br)c1)c1cc([N+](=O)[O-])cnc1Cl. The summed E-state index contributed by atoms with van der Waals surface area (Å²) in [6, 6.07) is 5.84. The number of benzene rings is 1. The standard InChI is InChI=1S/C12H6BrCl2N3O3/c13-9-3-6(1-2-10(9)14)17-12(19)8-4-7(18(20)21)5-16-11(8)15/h1-5H,(H,17,19). The quantitative estimate of drug-likeness (QED) is 0.480. The van der Waals surface area contributed by atoms with E-state index >= 15 is 0 Å². The molecule has 6 nitrogen and oxygen atoms in total. The van der Waals surface area contributed by atoms with E-state index in [1.807, 2.05) is 0 Å². The van der Waals surface area contributed by atoms with Gasteiger partial charge in [-0.25, -0.2) is 4.98 Å². The molecule has 0 fully saturated rings. The number of hydrogen-bond donors (Lipinski definition) is 1. The summed E-state index contributed by atoms with van der Waals surface area (Å²) in [5.74, 6) is -0.606. The third-order valence-electron chi connectivity index (χ3n) is 2.46. The number of carbonyl (C=O) groups is 1. The number of nitrogens with one attached hydrogen (secondary N) is 1. The van der Waals surface area contributed by atoms with Crippen LogP contribution < -0.4 is 5.32 Å². The average molecular weight is 391 g/mol. The first-order chi connectivity index (χ1) is 9.88. The van der Waals surface area contributed by atoms with Crippen LogP contribution in [0.3, 0.4) is 0 Å². The number of halogens is 3. The van der Waals surface area contributed by atoms with Crippen molar-refractivity contribution in [2.24, 2.45) is 0 Å². The molecule has 9 heteroatoms. The lowest BCUT2D eigenvalue weighted by atomic mass is 10.2. The number of anilines is 1. The summed E-state index contributed by atoms with van der Waals surface area (Å²) in [5.41, 5.74) is 0.0534. The normalized spacial score (nSPS) is 10.2. The zero-order valence-corrected chi connectivity index (χ0v) is 13.2. The fourth-order valence-corrected chi connectivity index (χ4v) is 2.15. The Hall–Kier alpha value is -1.70. The Morgan fingerprint density at radius 1 is 1.33 bits per heavy atom. The van der Waals surface area contributed by atoms with E-state index in [0.717, 1.165) is 12.3 Å². The van der Waals surface area contributed by atoms with Crippen LogP contribution in [0.5, 0.6) is 0 Å². The van der Waals surface area contributed by atoms with Gasteiger partial charge in [0.1, 0.15) is 11.3 Å². The van der Waals surface area contributed by atoms with E-state index in [9.17, 15) is 14.9 Å². The Bertz CT molecular complexity index is 740. The first kappa shape index (κ1) is 15.7. The van der Waals surface area contributed by atoms with Crippen LogP contribution in [0.4, 0.5) is 11.4 Å². The molecule has 1 heterocycles. The highest BCUT2D eigenvalue weighted by Crippen LogP contribution is 2.26. The van der Waals surface area contributed by atoms with E-state index in [1.165, 1.54) is 0 Å². The van der Waals surface area contributed by atoms with Crippen molar-refractivity contribution in [3.05, 3.63) is 60.8 Å². The molecule has 0 unspecified atom stereocenters. The molecule has 1 aromatic heterocycles. The van der Waals surface area contributed by atoms with Crippen LogP contribution in [-0.2, 0) is 0 Å². The molecule has 0 saturated carbocycles. The zero-order chi connectivity index (χ0) is 15.6. The maximum Gasteiger partial charge on any atom is 0.288 e. The highest BCUT2D eigenvalue weighted by Gasteiger charge is 2.17. The number of hydrogen-bond acceptors (Lipinski definition) is 4. The Labute approximate surface area is 137 Å². The lowest BCUT2D eigenvalue weighted by Crippen LogP contribution is -2.13. The maximum atomic E-state index is 12.1. The molecular formula is C12H6BrCl2N3O3. The molecule has 0 aliphatic carbocycles. The molecule has 1 N–H and O–H groups in total. The Morgan fingerprint density at radius 2 is 2.05 bits per heavy atom. The smallest absolute Gasteiger partial charge is 0.288 e. The van der Waals surface area contributed by atoms with Gasteiger partial charge in [0.15, 0.2) is 0 Å². The van der Waals surface area contributed by atoms with Crippen molar-refractivity contribution in [1.82, 2.24) is 4.98 Å². The summed E-state index contributed by atoms with van der Waals surface area (Å²) in [6.07, 6.45) is 0.984. The molecule has 0 saturated heterocycles. The molecule has 1 amide bonds. The van der Waals surface area contributed by atoms with Gasteiger partial charge < -0.3 is 5.32 Å². The van der Waals surface area contributed by atoms with Crippen LogP contribution in [0.1, 0.15) is 10.4 Å². The van der Waals surface area contributed by atoms with Crippen molar-refractivity contribution in [3.8, 4) is 0 Å². The van der Waals surface area contributed by atoms with E-state index in [2.05, 4.69) is 26.2 Å². The summed E-state index contributed by atoms with van der Waals surface area (Å²) >= 11 is 14.9. The number of rotatable bonds is 3. The van der Waals surface area contributed by atoms with Crippen molar-refractivity contribution in [1.29, 1.82) is 0 Å². The third kappa shape index (κ3) is 3.69. The molecular weight excluding hydrogens is 385 g/mol. The fraction of sp³-hybridized carbons (Fsp3) is 0. The summed E-state index contributed by atoms with van der Waals surface area (Å²) in [5, 5.41) is 13.6. The Kier molecular flexibility index (Phi) is 4.76. The van der Waals surface area contributed by atoms with E-state index in [4.69, 9.17) is 23.2 Å². The van der Waals surface area contributed by atoms with Crippen molar-refractivity contribution in [2.45, 2.75) is 0 Å². The number of aromatic nitrogens is 1. The fourth-order valence-electron chi connectivity index (χ4n) is 1.47. The van der Waals surface area contributed by atoms with Crippen molar-refractivity contribution < 1.29 is 9.72 Å². The minimum Gasteiger partial charge on any atom is -0.322 e. The van der Waals surface area contributed by atoms with Crippen LogP contribution in [0.2, 0.25) is 10.2 Å². The molecule has 108 valence electrons. The van der Waals surface area contributed by atoms with Gasteiger partial charge in [-0.2, -0.15) is 0 Å². The lowest BCUT2D eigenvalue weighted by Gasteiger charge is -2.07. The first-order valence-electron chi connectivity index (χ1n) is 5.45. The Balaban J connectivity index is 2.29. The first-order valence-corrected chi connectivity index (χ1v) is 6.99. The van der Waals surface area contributed by atoms with Crippen molar-refractivity contribution in [2.75, 3.05) is 5.32 Å². The van der Waals surface area contributed by atoms with Gasteiger partial charge in [-0.15, -0.1) is 0 Å². The van der Waals surface area contributed by atoms with Gasteiger partial charge in [-0.05, 0) is 34.1 Å². The molecule has 0 atom stereocenters. The minimum absolute atomic E-state index is 0.0862. The lowest BCUT2D eigenvalue weighted by molar-refractivity contribution is -0.385. The molecule has 0 aliphatic rings. The van der Waals surface area contributed by atoms with E-state index in [-0.39, 0.29) is 16.4 Å². The van der Waals surface area contributed by atoms with Crippen LogP contribution in [0.25, 0.3) is 0 Å². The molecule has 1 aromatic carbocycles. The molecule has 0 aliphatic heterocycles. The van der Waals surface area contributed by atoms with Crippen molar-refractivity contribution in [3.63, 3.8) is 0 Å². The van der Waals surface area contributed by atoms with Gasteiger partial charge >= 0.3 is 0 Å². The molecule has 2 rings (SSSR count). The van der Waals surface area contributed by atoms with Gasteiger partial charge in [-0.1, -0.05) is 23.2 Å². The summed E-state index contributed by atoms with van der Waals surface area (Å²) in [6.45, 7) is 0. The van der Waals surface area contributed by atoms with Gasteiger partial charge in [0.05, 0.1) is 15.5 Å².